The van der Waals surface area contributed by atoms with Crippen molar-refractivity contribution in [2.45, 2.75) is 38.4 Å². The third kappa shape index (κ3) is 8.54. The lowest BCUT2D eigenvalue weighted by Crippen LogP contribution is -2.25. The van der Waals surface area contributed by atoms with Crippen molar-refractivity contribution >= 4 is 15.9 Å². The molecule has 0 bridgehead atoms. The van der Waals surface area contributed by atoms with Crippen molar-refractivity contribution in [3.63, 3.8) is 0 Å². The van der Waals surface area contributed by atoms with E-state index in [1.54, 1.807) is 0 Å². The van der Waals surface area contributed by atoms with Crippen molar-refractivity contribution in [1.82, 2.24) is 4.90 Å². The molecule has 0 aromatic rings. The van der Waals surface area contributed by atoms with Gasteiger partial charge < -0.3 is 4.90 Å². The third-order valence-corrected chi connectivity index (χ3v) is 2.17. The van der Waals surface area contributed by atoms with Crippen LogP contribution in [0.4, 0.5) is 0 Å². The quantitative estimate of drug-likeness (QED) is 0.640. The Hall–Kier alpha value is 0.440. The van der Waals surface area contributed by atoms with E-state index in [1.165, 1.54) is 19.4 Å². The average Bonchev–Trinajstić information content (AvgIpc) is 1.84. The van der Waals surface area contributed by atoms with Gasteiger partial charge in [0.15, 0.2) is 0 Å². The molecule has 1 unspecified atom stereocenters. The normalized spacial score (nSPS) is 14.2. The van der Waals surface area contributed by atoms with Crippen LogP contribution < -0.4 is 0 Å². The number of halogens is 1. The van der Waals surface area contributed by atoms with Gasteiger partial charge in [0.1, 0.15) is 0 Å². The molecule has 0 aliphatic rings. The molecule has 1 nitrogen and oxygen atoms in total. The maximum absolute atomic E-state index is 3.55. The summed E-state index contributed by atoms with van der Waals surface area (Å²) in [7, 11) is 2.19. The van der Waals surface area contributed by atoms with E-state index in [2.05, 4.69) is 48.6 Å². The monoisotopic (exact) mass is 235 g/mol. The topological polar surface area (TPSA) is 3.24 Å². The van der Waals surface area contributed by atoms with Crippen LogP contribution in [0.5, 0.6) is 0 Å². The number of hydrogen-bond donors (Lipinski definition) is 0. The lowest BCUT2D eigenvalue weighted by Gasteiger charge is -2.18. The number of rotatable bonds is 6. The molecule has 1 atom stereocenters. The van der Waals surface area contributed by atoms with Crippen LogP contribution in [0.2, 0.25) is 0 Å². The van der Waals surface area contributed by atoms with Gasteiger partial charge in [-0.25, -0.2) is 0 Å². The van der Waals surface area contributed by atoms with E-state index in [0.717, 1.165) is 12.5 Å². The van der Waals surface area contributed by atoms with Gasteiger partial charge in [0, 0.05) is 11.4 Å². The fourth-order valence-electron chi connectivity index (χ4n) is 1.29. The summed E-state index contributed by atoms with van der Waals surface area (Å²) in [5.74, 6) is 0.847. The smallest absolute Gasteiger partial charge is 0.0244 e. The van der Waals surface area contributed by atoms with Gasteiger partial charge in [0.2, 0.25) is 0 Å². The Labute approximate surface area is 85.7 Å². The molecule has 74 valence electrons. The van der Waals surface area contributed by atoms with Crippen molar-refractivity contribution in [2.24, 2.45) is 5.92 Å². The van der Waals surface area contributed by atoms with Crippen molar-refractivity contribution < 1.29 is 0 Å². The lowest BCUT2D eigenvalue weighted by molar-refractivity contribution is 0.323. The van der Waals surface area contributed by atoms with Gasteiger partial charge in [0.05, 0.1) is 0 Å². The Bertz CT molecular complexity index is 102. The zero-order valence-corrected chi connectivity index (χ0v) is 10.4. The van der Waals surface area contributed by atoms with Crippen LogP contribution in [0.1, 0.15) is 33.6 Å². The summed E-state index contributed by atoms with van der Waals surface area (Å²) >= 11 is 3.55. The SMILES string of the molecule is CC(C)CCCN(C)CC(C)Br. The predicted molar refractivity (Wildman–Crippen MR) is 60.0 cm³/mol. The molecular formula is C10H22BrN. The van der Waals surface area contributed by atoms with E-state index in [-0.39, 0.29) is 0 Å². The largest absolute Gasteiger partial charge is 0.305 e. The summed E-state index contributed by atoms with van der Waals surface area (Å²) in [6.07, 6.45) is 2.68. The molecule has 0 aromatic carbocycles. The summed E-state index contributed by atoms with van der Waals surface area (Å²) < 4.78 is 0. The van der Waals surface area contributed by atoms with Gasteiger partial charge in [-0.1, -0.05) is 36.7 Å². The Kier molecular flexibility index (Phi) is 7.16. The van der Waals surface area contributed by atoms with Crippen molar-refractivity contribution in [1.29, 1.82) is 0 Å². The van der Waals surface area contributed by atoms with Crippen molar-refractivity contribution in [3.05, 3.63) is 0 Å². The van der Waals surface area contributed by atoms with Crippen LogP contribution in [0, 0.1) is 5.92 Å². The second-order valence-corrected chi connectivity index (χ2v) is 5.64. The standard InChI is InChI=1S/C10H22BrN/c1-9(2)6-5-7-12(4)8-10(3)11/h9-10H,5-8H2,1-4H3. The first-order chi connectivity index (χ1) is 5.52. The van der Waals surface area contributed by atoms with E-state index in [0.29, 0.717) is 4.83 Å². The van der Waals surface area contributed by atoms with E-state index in [9.17, 15) is 0 Å². The predicted octanol–water partition coefficient (Wildman–Crippen LogP) is 3.14. The summed E-state index contributed by atoms with van der Waals surface area (Å²) in [6.45, 7) is 9.14. The second-order valence-electron chi connectivity index (χ2n) is 4.08. The molecule has 0 radical (unpaired) electrons. The Morgan fingerprint density at radius 2 is 1.83 bits per heavy atom. The van der Waals surface area contributed by atoms with Gasteiger partial charge in [0.25, 0.3) is 0 Å². The zero-order valence-electron chi connectivity index (χ0n) is 8.81. The Morgan fingerprint density at radius 3 is 2.25 bits per heavy atom. The molecule has 0 N–H and O–H groups in total. The van der Waals surface area contributed by atoms with Gasteiger partial charge >= 0.3 is 0 Å². The van der Waals surface area contributed by atoms with E-state index < -0.39 is 0 Å². The summed E-state index contributed by atoms with van der Waals surface area (Å²) in [6, 6.07) is 0. The summed E-state index contributed by atoms with van der Waals surface area (Å²) in [5.41, 5.74) is 0. The number of alkyl halides is 1. The zero-order chi connectivity index (χ0) is 9.56. The molecule has 0 aliphatic carbocycles. The minimum absolute atomic E-state index is 0.613. The first-order valence-electron chi connectivity index (χ1n) is 4.85. The fraction of sp³-hybridized carbons (Fsp3) is 1.00. The first kappa shape index (κ1) is 12.4. The van der Waals surface area contributed by atoms with E-state index >= 15 is 0 Å². The molecule has 0 spiro atoms. The fourth-order valence-corrected chi connectivity index (χ4v) is 1.78. The maximum atomic E-state index is 3.55. The van der Waals surface area contributed by atoms with Gasteiger partial charge in [-0.05, 0) is 32.4 Å². The van der Waals surface area contributed by atoms with Crippen LogP contribution in [0.3, 0.4) is 0 Å². The highest BCUT2D eigenvalue weighted by Gasteiger charge is 2.02. The highest BCUT2D eigenvalue weighted by atomic mass is 79.9. The summed E-state index contributed by atoms with van der Waals surface area (Å²) in [4.78, 5) is 3.00. The van der Waals surface area contributed by atoms with Crippen LogP contribution in [0.25, 0.3) is 0 Å². The van der Waals surface area contributed by atoms with Gasteiger partial charge in [-0.15, -0.1) is 0 Å². The molecule has 0 fully saturated rings. The van der Waals surface area contributed by atoms with E-state index in [1.807, 2.05) is 0 Å². The van der Waals surface area contributed by atoms with Crippen LogP contribution in [-0.2, 0) is 0 Å². The van der Waals surface area contributed by atoms with Crippen molar-refractivity contribution in [3.8, 4) is 0 Å². The van der Waals surface area contributed by atoms with Gasteiger partial charge in [-0.2, -0.15) is 0 Å². The lowest BCUT2D eigenvalue weighted by atomic mass is 10.1. The average molecular weight is 236 g/mol. The molecule has 12 heavy (non-hydrogen) atoms. The van der Waals surface area contributed by atoms with Crippen LogP contribution in [-0.4, -0.2) is 29.9 Å². The highest BCUT2D eigenvalue weighted by molar-refractivity contribution is 9.09. The molecule has 0 rings (SSSR count). The molecule has 0 saturated heterocycles. The minimum Gasteiger partial charge on any atom is -0.305 e. The number of hydrogen-bond acceptors (Lipinski definition) is 1. The summed E-state index contributed by atoms with van der Waals surface area (Å²) in [5, 5.41) is 0. The first-order valence-corrected chi connectivity index (χ1v) is 5.76. The van der Waals surface area contributed by atoms with Crippen LogP contribution in [0.15, 0.2) is 0 Å². The Balaban J connectivity index is 3.25. The number of nitrogens with zero attached hydrogens (tertiary/aromatic N) is 1. The molecule has 0 heterocycles. The molecular weight excluding hydrogens is 214 g/mol. The van der Waals surface area contributed by atoms with E-state index in [4.69, 9.17) is 0 Å². The molecule has 0 aliphatic heterocycles. The molecule has 0 saturated carbocycles. The van der Waals surface area contributed by atoms with Crippen LogP contribution >= 0.6 is 15.9 Å². The second kappa shape index (κ2) is 6.90. The van der Waals surface area contributed by atoms with Crippen molar-refractivity contribution in [2.75, 3.05) is 20.1 Å². The third-order valence-electron chi connectivity index (χ3n) is 1.88. The molecule has 0 aromatic heterocycles. The minimum atomic E-state index is 0.613. The Morgan fingerprint density at radius 1 is 1.25 bits per heavy atom. The molecule has 2 heteroatoms. The van der Waals surface area contributed by atoms with Gasteiger partial charge in [-0.3, -0.25) is 0 Å². The maximum Gasteiger partial charge on any atom is 0.0244 e. The molecule has 0 amide bonds. The highest BCUT2D eigenvalue weighted by Crippen LogP contribution is 2.05.